The van der Waals surface area contributed by atoms with E-state index in [1.165, 1.54) is 54.9 Å². The van der Waals surface area contributed by atoms with Crippen molar-refractivity contribution < 1.29 is 17.0 Å². The summed E-state index contributed by atoms with van der Waals surface area (Å²) in [5, 5.41) is 5.44. The first-order valence-corrected chi connectivity index (χ1v) is 19.9. The molecule has 0 aliphatic carbocycles. The van der Waals surface area contributed by atoms with Crippen LogP contribution in [0.4, 0.5) is 0 Å². The van der Waals surface area contributed by atoms with Crippen molar-refractivity contribution in [3.05, 3.63) is 132 Å². The van der Waals surface area contributed by atoms with Gasteiger partial charge in [0.25, 0.3) is 0 Å². The van der Waals surface area contributed by atoms with Gasteiger partial charge in [0.05, 0.1) is 0 Å². The molecule has 4 heteroatoms. The van der Waals surface area contributed by atoms with Gasteiger partial charge in [-0.3, -0.25) is 0 Å². The van der Waals surface area contributed by atoms with E-state index in [4.69, 9.17) is 18.6 Å². The van der Waals surface area contributed by atoms with Crippen molar-refractivity contribution in [2.24, 2.45) is 0 Å². The van der Waals surface area contributed by atoms with Gasteiger partial charge < -0.3 is 0 Å². The molecule has 0 spiro atoms. The molecule has 0 bridgehead atoms. The molecule has 0 nitrogen and oxygen atoms in total. The van der Waals surface area contributed by atoms with Crippen molar-refractivity contribution in [1.29, 1.82) is 0 Å². The molecule has 40 heavy (non-hydrogen) atoms. The first kappa shape index (κ1) is 32.1. The fraction of sp³-hybridized carbons (Fsp3) is 0.167. The number of halogens is 2. The summed E-state index contributed by atoms with van der Waals surface area (Å²) in [7, 11) is 10.9. The molecule has 0 aromatic heterocycles. The van der Waals surface area contributed by atoms with Gasteiger partial charge in [0.1, 0.15) is 0 Å². The fourth-order valence-electron chi connectivity index (χ4n) is 4.74. The van der Waals surface area contributed by atoms with Crippen LogP contribution < -0.4 is 0 Å². The third-order valence-electron chi connectivity index (χ3n) is 6.61. The van der Waals surface area contributed by atoms with Gasteiger partial charge in [-0.05, 0) is 24.0 Å². The molecule has 0 atom stereocenters. The molecule has 6 aromatic carbocycles. The summed E-state index contributed by atoms with van der Waals surface area (Å²) in [6.07, 6.45) is 2.20. The average Bonchev–Trinajstić information content (AvgIpc) is 3.63. The summed E-state index contributed by atoms with van der Waals surface area (Å²) < 4.78 is 0. The summed E-state index contributed by atoms with van der Waals surface area (Å²) in [6.45, 7) is 8.72. The van der Waals surface area contributed by atoms with Crippen molar-refractivity contribution in [2.75, 3.05) is 0 Å². The Bertz CT molecular complexity index is 1430. The first-order chi connectivity index (χ1) is 19.6. The second-order valence-corrected chi connectivity index (χ2v) is 12.9. The van der Waals surface area contributed by atoms with Crippen LogP contribution >= 0.6 is 18.6 Å². The van der Waals surface area contributed by atoms with Crippen LogP contribution in [0.15, 0.2) is 121 Å². The van der Waals surface area contributed by atoms with Crippen LogP contribution in [0.5, 0.6) is 0 Å². The zero-order chi connectivity index (χ0) is 28.7. The minimum atomic E-state index is -0.556. The molecule has 0 fully saturated rings. The van der Waals surface area contributed by atoms with E-state index in [1.54, 1.807) is 0 Å². The number of rotatable bonds is 4. The summed E-state index contributed by atoms with van der Waals surface area (Å²) in [6, 6.07) is 43.5. The molecule has 204 valence electrons. The Labute approximate surface area is 259 Å². The predicted molar refractivity (Wildman–Crippen MR) is 178 cm³/mol. The van der Waals surface area contributed by atoms with Gasteiger partial charge in [-0.15, -0.1) is 69.1 Å². The molecule has 0 amide bonds. The molecule has 2 radical (unpaired) electrons. The molecule has 6 aromatic rings. The summed E-state index contributed by atoms with van der Waals surface area (Å²) in [4.78, 5) is 0. The predicted octanol–water partition coefficient (Wildman–Crippen LogP) is 11.7. The number of benzene rings is 4. The van der Waals surface area contributed by atoms with Crippen molar-refractivity contribution in [2.45, 2.75) is 39.8 Å². The third kappa shape index (κ3) is 8.80. The van der Waals surface area contributed by atoms with E-state index < -0.39 is 17.0 Å². The Balaban J connectivity index is 0.000000185. The molecular weight excluding hydrogens is 579 g/mol. The van der Waals surface area contributed by atoms with Gasteiger partial charge in [0, 0.05) is 9.52 Å². The SMILES string of the molecule is CCc1cc2c(-c3ccccc3)cccc2[cH-]1.CCc1cc2c(-c3ccccc3)cccc2[cH-]1.C[Si]C.[Cl][Ti][Cl]. The van der Waals surface area contributed by atoms with Crippen LogP contribution in [0.3, 0.4) is 0 Å². The van der Waals surface area contributed by atoms with Crippen LogP contribution in [0.1, 0.15) is 25.0 Å². The summed E-state index contributed by atoms with van der Waals surface area (Å²) in [5.74, 6) is 0. The Kier molecular flexibility index (Phi) is 14.0. The van der Waals surface area contributed by atoms with E-state index in [2.05, 4.69) is 148 Å². The normalized spacial score (nSPS) is 10.1. The van der Waals surface area contributed by atoms with Crippen LogP contribution in [0.25, 0.3) is 43.8 Å². The first-order valence-electron chi connectivity index (χ1n) is 13.6. The van der Waals surface area contributed by atoms with E-state index in [0.717, 1.165) is 22.4 Å². The minimum absolute atomic E-state index is 0.556. The van der Waals surface area contributed by atoms with E-state index in [1.807, 2.05) is 0 Å². The molecule has 0 saturated heterocycles. The molecule has 0 aliphatic heterocycles. The fourth-order valence-corrected chi connectivity index (χ4v) is 4.74. The Morgan fingerprint density at radius 2 is 0.925 bits per heavy atom. The number of hydrogen-bond acceptors (Lipinski definition) is 0. The van der Waals surface area contributed by atoms with Crippen LogP contribution in [-0.4, -0.2) is 9.52 Å². The monoisotopic (exact) mass is 614 g/mol. The number of hydrogen-bond donors (Lipinski definition) is 0. The van der Waals surface area contributed by atoms with E-state index in [0.29, 0.717) is 0 Å². The van der Waals surface area contributed by atoms with Gasteiger partial charge in [-0.2, -0.15) is 12.1 Å². The summed E-state index contributed by atoms with van der Waals surface area (Å²) >= 11 is -0.556. The zero-order valence-electron chi connectivity index (χ0n) is 23.7. The standard InChI is InChI=1S/2C17H15.C2H6Si.2ClH.Ti/c2*1-2-13-11-15-9-6-10-16(17(15)12-13)14-7-4-3-5-8-14;1-3-2;;;/h2*3-12H,2H2,1H3;1-2H3;2*1H;/q2*-1;;;;+2/p-2. The Morgan fingerprint density at radius 1 is 0.575 bits per heavy atom. The maximum atomic E-state index is 4.89. The second-order valence-electron chi connectivity index (χ2n) is 9.35. The second kappa shape index (κ2) is 17.4. The Morgan fingerprint density at radius 3 is 1.25 bits per heavy atom. The molecular formula is C36H36Cl2SiTi-2. The molecule has 0 aliphatic rings. The molecule has 0 N–H and O–H groups in total. The van der Waals surface area contributed by atoms with E-state index in [9.17, 15) is 0 Å². The van der Waals surface area contributed by atoms with Crippen molar-refractivity contribution in [1.82, 2.24) is 0 Å². The molecule has 0 heterocycles. The molecule has 6 rings (SSSR count). The molecule has 0 saturated carbocycles. The van der Waals surface area contributed by atoms with Gasteiger partial charge in [-0.1, -0.05) is 111 Å². The molecule has 0 unspecified atom stereocenters. The van der Waals surface area contributed by atoms with Crippen LogP contribution in [-0.2, 0) is 29.9 Å². The number of aryl methyl sites for hydroxylation is 2. The van der Waals surface area contributed by atoms with Gasteiger partial charge in [-0.25, -0.2) is 0 Å². The van der Waals surface area contributed by atoms with Gasteiger partial charge in [0.2, 0.25) is 0 Å². The average molecular weight is 616 g/mol. The maximum absolute atomic E-state index is 4.89. The van der Waals surface area contributed by atoms with Crippen LogP contribution in [0.2, 0.25) is 13.1 Å². The number of fused-ring (bicyclic) bond motifs is 2. The zero-order valence-corrected chi connectivity index (χ0v) is 27.8. The van der Waals surface area contributed by atoms with E-state index in [-0.39, 0.29) is 0 Å². The van der Waals surface area contributed by atoms with Gasteiger partial charge in [0.15, 0.2) is 0 Å². The Hall–Kier alpha value is -2.39. The van der Waals surface area contributed by atoms with E-state index >= 15 is 0 Å². The summed E-state index contributed by atoms with van der Waals surface area (Å²) in [5.41, 5.74) is 8.11. The van der Waals surface area contributed by atoms with Crippen molar-refractivity contribution in [3.8, 4) is 22.3 Å². The van der Waals surface area contributed by atoms with Crippen molar-refractivity contribution >= 4 is 49.7 Å². The van der Waals surface area contributed by atoms with Crippen LogP contribution in [0, 0.1) is 0 Å². The third-order valence-corrected chi connectivity index (χ3v) is 6.61. The quantitative estimate of drug-likeness (QED) is 0.137. The topological polar surface area (TPSA) is 0 Å². The van der Waals surface area contributed by atoms with Gasteiger partial charge >= 0.3 is 35.6 Å². The van der Waals surface area contributed by atoms with Crippen molar-refractivity contribution in [3.63, 3.8) is 0 Å².